The molecule has 1 aromatic rings. The van der Waals surface area contributed by atoms with Crippen LogP contribution in [0.2, 0.25) is 0 Å². The van der Waals surface area contributed by atoms with Gasteiger partial charge in [-0.05, 0) is 18.2 Å². The smallest absolute Gasteiger partial charge is 0.138 e. The SMILES string of the molecule is C=C/C=C(\C=S)Oc1ccccc1. The average Bonchev–Trinajstić information content (AvgIpc) is 2.19. The molecule has 66 valence electrons. The fraction of sp³-hybridized carbons (Fsp3) is 0. The highest BCUT2D eigenvalue weighted by Crippen LogP contribution is 2.11. The summed E-state index contributed by atoms with van der Waals surface area (Å²) in [5.74, 6) is 1.40. The normalized spacial score (nSPS) is 10.6. The topological polar surface area (TPSA) is 9.23 Å². The monoisotopic (exact) mass is 190 g/mol. The van der Waals surface area contributed by atoms with Gasteiger partial charge in [-0.3, -0.25) is 0 Å². The lowest BCUT2D eigenvalue weighted by Gasteiger charge is -2.03. The largest absolute Gasteiger partial charge is 0.457 e. The molecule has 0 aromatic heterocycles. The minimum atomic E-state index is 0.621. The summed E-state index contributed by atoms with van der Waals surface area (Å²) in [6, 6.07) is 9.49. The molecule has 2 heteroatoms. The third kappa shape index (κ3) is 3.22. The maximum Gasteiger partial charge on any atom is 0.138 e. The maximum atomic E-state index is 5.43. The summed E-state index contributed by atoms with van der Waals surface area (Å²) in [6.07, 6.45) is 3.36. The Morgan fingerprint density at radius 1 is 1.31 bits per heavy atom. The molecule has 13 heavy (non-hydrogen) atoms. The van der Waals surface area contributed by atoms with E-state index < -0.39 is 0 Å². The molecule has 1 rings (SSSR count). The first-order valence-electron chi connectivity index (χ1n) is 3.87. The van der Waals surface area contributed by atoms with E-state index in [9.17, 15) is 0 Å². The molecule has 1 aromatic carbocycles. The highest BCUT2D eigenvalue weighted by molar-refractivity contribution is 7.79. The number of hydrogen-bond acceptors (Lipinski definition) is 2. The van der Waals surface area contributed by atoms with Crippen LogP contribution in [0, 0.1) is 0 Å². The Kier molecular flexibility index (Phi) is 3.93. The molecule has 0 amide bonds. The molecule has 0 N–H and O–H groups in total. The molecule has 0 radical (unpaired) electrons. The molecule has 0 aliphatic heterocycles. The predicted octanol–water partition coefficient (Wildman–Crippen LogP) is 3.14. The van der Waals surface area contributed by atoms with Gasteiger partial charge in [0.25, 0.3) is 0 Å². The van der Waals surface area contributed by atoms with E-state index in [1.54, 1.807) is 12.2 Å². The van der Waals surface area contributed by atoms with E-state index in [4.69, 9.17) is 17.0 Å². The van der Waals surface area contributed by atoms with Gasteiger partial charge >= 0.3 is 0 Å². The molecule has 0 unspecified atom stereocenters. The molecule has 1 nitrogen and oxygen atoms in total. The van der Waals surface area contributed by atoms with E-state index in [1.807, 2.05) is 30.3 Å². The van der Waals surface area contributed by atoms with Gasteiger partial charge in [0.05, 0.1) is 0 Å². The lowest BCUT2D eigenvalue weighted by atomic mass is 10.3. The van der Waals surface area contributed by atoms with E-state index >= 15 is 0 Å². The van der Waals surface area contributed by atoms with Crippen LogP contribution in [0.4, 0.5) is 0 Å². The highest BCUT2D eigenvalue weighted by atomic mass is 32.1. The van der Waals surface area contributed by atoms with Crippen LogP contribution < -0.4 is 4.74 Å². The van der Waals surface area contributed by atoms with Gasteiger partial charge in [-0.15, -0.1) is 0 Å². The van der Waals surface area contributed by atoms with Gasteiger partial charge in [0.2, 0.25) is 0 Å². The van der Waals surface area contributed by atoms with Crippen molar-refractivity contribution in [2.45, 2.75) is 0 Å². The van der Waals surface area contributed by atoms with Crippen molar-refractivity contribution in [3.8, 4) is 5.75 Å². The van der Waals surface area contributed by atoms with Crippen LogP contribution >= 0.6 is 12.2 Å². The highest BCUT2D eigenvalue weighted by Gasteiger charge is 1.93. The Morgan fingerprint density at radius 3 is 2.54 bits per heavy atom. The number of hydrogen-bond donors (Lipinski definition) is 0. The third-order valence-electron chi connectivity index (χ3n) is 1.38. The van der Waals surface area contributed by atoms with E-state index in [1.165, 1.54) is 5.37 Å². The summed E-state index contributed by atoms with van der Waals surface area (Å²) < 4.78 is 5.43. The summed E-state index contributed by atoms with van der Waals surface area (Å²) in [6.45, 7) is 3.57. The van der Waals surface area contributed by atoms with Crippen molar-refractivity contribution in [1.82, 2.24) is 0 Å². The molecule has 0 atom stereocenters. The van der Waals surface area contributed by atoms with Gasteiger partial charge in [0.1, 0.15) is 11.5 Å². The van der Waals surface area contributed by atoms with Gasteiger partial charge in [0, 0.05) is 5.37 Å². The van der Waals surface area contributed by atoms with Crippen LogP contribution in [0.1, 0.15) is 0 Å². The van der Waals surface area contributed by atoms with Crippen LogP contribution in [0.25, 0.3) is 0 Å². The molecule has 0 heterocycles. The number of rotatable bonds is 4. The van der Waals surface area contributed by atoms with E-state index in [2.05, 4.69) is 6.58 Å². The quantitative estimate of drug-likeness (QED) is 0.312. The maximum absolute atomic E-state index is 5.43. The van der Waals surface area contributed by atoms with Gasteiger partial charge in [-0.1, -0.05) is 43.1 Å². The van der Waals surface area contributed by atoms with Crippen LogP contribution in [0.15, 0.2) is 54.8 Å². The Hall–Kier alpha value is -1.41. The second kappa shape index (κ2) is 5.27. The van der Waals surface area contributed by atoms with Crippen molar-refractivity contribution >= 4 is 17.6 Å². The van der Waals surface area contributed by atoms with Gasteiger partial charge in [-0.25, -0.2) is 0 Å². The minimum Gasteiger partial charge on any atom is -0.457 e. The fourth-order valence-electron chi connectivity index (χ4n) is 0.838. The first-order chi connectivity index (χ1) is 6.36. The Bertz CT molecular complexity index is 314. The standard InChI is InChI=1S/C11H10OS/c1-2-6-11(9-13)12-10-7-4-3-5-8-10/h2-9H,1H2/b11-6+. The van der Waals surface area contributed by atoms with Crippen molar-refractivity contribution in [3.63, 3.8) is 0 Å². The van der Waals surface area contributed by atoms with Crippen molar-refractivity contribution in [2.75, 3.05) is 0 Å². The van der Waals surface area contributed by atoms with Gasteiger partial charge in [0.15, 0.2) is 0 Å². The second-order valence-corrected chi connectivity index (χ2v) is 2.57. The Morgan fingerprint density at radius 2 is 2.00 bits per heavy atom. The molecule has 0 bridgehead atoms. The van der Waals surface area contributed by atoms with Crippen molar-refractivity contribution < 1.29 is 4.74 Å². The van der Waals surface area contributed by atoms with Crippen molar-refractivity contribution in [3.05, 3.63) is 54.8 Å². The van der Waals surface area contributed by atoms with Crippen LogP contribution in [0.5, 0.6) is 5.75 Å². The van der Waals surface area contributed by atoms with Crippen LogP contribution in [0.3, 0.4) is 0 Å². The summed E-state index contributed by atoms with van der Waals surface area (Å²) in [5, 5.41) is 1.48. The number of ether oxygens (including phenoxy) is 1. The zero-order chi connectivity index (χ0) is 9.52. The summed E-state index contributed by atoms with van der Waals surface area (Å²) in [5.41, 5.74) is 0. The summed E-state index contributed by atoms with van der Waals surface area (Å²) in [4.78, 5) is 0. The number of thiocarbonyl (C=S) groups is 1. The average molecular weight is 190 g/mol. The molecule has 0 saturated heterocycles. The lowest BCUT2D eigenvalue weighted by molar-refractivity contribution is 0.458. The zero-order valence-corrected chi connectivity index (χ0v) is 7.96. The Labute approximate surface area is 83.3 Å². The van der Waals surface area contributed by atoms with Gasteiger partial charge in [-0.2, -0.15) is 0 Å². The van der Waals surface area contributed by atoms with Gasteiger partial charge < -0.3 is 4.74 Å². The lowest BCUT2D eigenvalue weighted by Crippen LogP contribution is -1.94. The number of benzene rings is 1. The molecular weight excluding hydrogens is 180 g/mol. The molecular formula is C11H10OS. The predicted molar refractivity (Wildman–Crippen MR) is 59.0 cm³/mol. The first kappa shape index (κ1) is 9.68. The number of allylic oxidation sites excluding steroid dienone is 3. The third-order valence-corrected chi connectivity index (χ3v) is 1.61. The summed E-state index contributed by atoms with van der Waals surface area (Å²) >= 11 is 4.77. The van der Waals surface area contributed by atoms with Crippen LogP contribution in [-0.4, -0.2) is 5.37 Å². The first-order valence-corrected chi connectivity index (χ1v) is 4.34. The second-order valence-electron chi connectivity index (χ2n) is 2.34. The fourth-order valence-corrected chi connectivity index (χ4v) is 0.965. The molecule has 0 spiro atoms. The van der Waals surface area contributed by atoms with E-state index in [0.29, 0.717) is 5.76 Å². The minimum absolute atomic E-state index is 0.621. The van der Waals surface area contributed by atoms with Crippen molar-refractivity contribution in [1.29, 1.82) is 0 Å². The zero-order valence-electron chi connectivity index (χ0n) is 7.14. The molecule has 0 aliphatic rings. The Balaban J connectivity index is 2.73. The van der Waals surface area contributed by atoms with Crippen molar-refractivity contribution in [2.24, 2.45) is 0 Å². The molecule has 0 fully saturated rings. The van der Waals surface area contributed by atoms with Crippen LogP contribution in [-0.2, 0) is 0 Å². The van der Waals surface area contributed by atoms with E-state index in [-0.39, 0.29) is 0 Å². The molecule has 0 saturated carbocycles. The number of para-hydroxylation sites is 1. The summed E-state index contributed by atoms with van der Waals surface area (Å²) in [7, 11) is 0. The van der Waals surface area contributed by atoms with E-state index in [0.717, 1.165) is 5.75 Å². The molecule has 0 aliphatic carbocycles.